The molecule has 198 valence electrons. The molecule has 1 N–H and O–H groups in total. The highest BCUT2D eigenvalue weighted by atomic mass is 16.5. The van der Waals surface area contributed by atoms with E-state index in [0.29, 0.717) is 40.3 Å². The van der Waals surface area contributed by atoms with E-state index in [0.717, 1.165) is 5.57 Å². The van der Waals surface area contributed by atoms with Crippen LogP contribution in [-0.4, -0.2) is 42.7 Å². The molecule has 8 heteroatoms. The minimum atomic E-state index is -0.825. The van der Waals surface area contributed by atoms with E-state index in [9.17, 15) is 24.3 Å². The van der Waals surface area contributed by atoms with Gasteiger partial charge in [-0.2, -0.15) is 0 Å². The first kappa shape index (κ1) is 24.9. The van der Waals surface area contributed by atoms with Gasteiger partial charge >= 0.3 is 0 Å². The van der Waals surface area contributed by atoms with Crippen LogP contribution in [0.5, 0.6) is 17.2 Å². The lowest BCUT2D eigenvalue weighted by atomic mass is 9.59. The summed E-state index contributed by atoms with van der Waals surface area (Å²) in [6.45, 7) is 1.60. The molecular weight excluding hydrogens is 498 g/mol. The highest BCUT2D eigenvalue weighted by molar-refractivity contribution is 6.25. The number of ketones is 2. The summed E-state index contributed by atoms with van der Waals surface area (Å²) in [6.07, 6.45) is 3.71. The molecule has 39 heavy (non-hydrogen) atoms. The second-order valence-corrected chi connectivity index (χ2v) is 10.3. The van der Waals surface area contributed by atoms with Gasteiger partial charge in [-0.15, -0.1) is 0 Å². The van der Waals surface area contributed by atoms with Gasteiger partial charge in [0, 0.05) is 40.3 Å². The van der Waals surface area contributed by atoms with E-state index >= 15 is 0 Å². The van der Waals surface area contributed by atoms with Gasteiger partial charge in [0.05, 0.1) is 31.7 Å². The van der Waals surface area contributed by atoms with Crippen molar-refractivity contribution in [3.05, 3.63) is 82.5 Å². The number of benzene rings is 2. The van der Waals surface area contributed by atoms with Crippen molar-refractivity contribution in [2.45, 2.75) is 25.7 Å². The molecule has 2 aromatic carbocycles. The maximum atomic E-state index is 13.9. The number of phenols is 1. The maximum absolute atomic E-state index is 13.9. The smallest absolute Gasteiger partial charge is 0.238 e. The van der Waals surface area contributed by atoms with Crippen LogP contribution in [0, 0.1) is 17.8 Å². The summed E-state index contributed by atoms with van der Waals surface area (Å²) in [5, 5.41) is 11.2. The fourth-order valence-electron chi connectivity index (χ4n) is 6.69. The highest BCUT2D eigenvalue weighted by Crippen LogP contribution is 2.58. The Morgan fingerprint density at radius 3 is 2.38 bits per heavy atom. The summed E-state index contributed by atoms with van der Waals surface area (Å²) in [6, 6.07) is 11.9. The molecule has 4 aliphatic rings. The van der Waals surface area contributed by atoms with Crippen LogP contribution in [0.4, 0.5) is 5.69 Å². The van der Waals surface area contributed by atoms with Gasteiger partial charge in [-0.25, -0.2) is 0 Å². The van der Waals surface area contributed by atoms with Gasteiger partial charge in [-0.3, -0.25) is 24.1 Å². The summed E-state index contributed by atoms with van der Waals surface area (Å²) in [5.41, 5.74) is 2.48. The molecule has 4 atom stereocenters. The minimum Gasteiger partial charge on any atom is -0.507 e. The average Bonchev–Trinajstić information content (AvgIpc) is 3.20. The normalized spacial score (nSPS) is 26.1. The van der Waals surface area contributed by atoms with Crippen molar-refractivity contribution in [3.63, 3.8) is 0 Å². The van der Waals surface area contributed by atoms with E-state index in [-0.39, 0.29) is 41.1 Å². The molecule has 0 bridgehead atoms. The zero-order valence-corrected chi connectivity index (χ0v) is 21.8. The number of phenolic OH excluding ortho intramolecular Hbond substituents is 1. The first-order valence-corrected chi connectivity index (χ1v) is 12.8. The number of anilines is 1. The lowest BCUT2D eigenvalue weighted by molar-refractivity contribution is -0.123. The van der Waals surface area contributed by atoms with Crippen molar-refractivity contribution < 1.29 is 33.8 Å². The van der Waals surface area contributed by atoms with E-state index in [1.165, 1.54) is 31.3 Å². The first-order valence-electron chi connectivity index (χ1n) is 12.8. The van der Waals surface area contributed by atoms with Crippen molar-refractivity contribution in [1.29, 1.82) is 0 Å². The van der Waals surface area contributed by atoms with Gasteiger partial charge in [0.15, 0.2) is 11.6 Å². The Labute approximate surface area is 225 Å². The third kappa shape index (κ3) is 3.58. The molecule has 1 heterocycles. The molecular formula is C31H27NO7. The molecule has 1 aliphatic heterocycles. The van der Waals surface area contributed by atoms with Gasteiger partial charge in [0.25, 0.3) is 0 Å². The molecule has 2 aromatic rings. The van der Waals surface area contributed by atoms with Crippen molar-refractivity contribution in [2.75, 3.05) is 19.1 Å². The van der Waals surface area contributed by atoms with Gasteiger partial charge in [-0.05, 0) is 43.9 Å². The summed E-state index contributed by atoms with van der Waals surface area (Å²) in [7, 11) is 2.92. The Morgan fingerprint density at radius 1 is 0.949 bits per heavy atom. The molecule has 1 fully saturated rings. The van der Waals surface area contributed by atoms with E-state index in [2.05, 4.69) is 0 Å². The largest absolute Gasteiger partial charge is 0.507 e. The Balaban J connectivity index is 1.54. The number of nitrogens with zero attached hydrogens (tertiary/aromatic N) is 1. The predicted octanol–water partition coefficient (Wildman–Crippen LogP) is 4.04. The predicted molar refractivity (Wildman–Crippen MR) is 141 cm³/mol. The number of carbonyl (C=O) groups is 4. The molecule has 8 nitrogen and oxygen atoms in total. The van der Waals surface area contributed by atoms with Gasteiger partial charge in [0.2, 0.25) is 11.8 Å². The molecule has 4 unspecified atom stereocenters. The first-order chi connectivity index (χ1) is 18.8. The number of imide groups is 1. The molecule has 0 aromatic heterocycles. The van der Waals surface area contributed by atoms with Crippen molar-refractivity contribution in [2.24, 2.45) is 17.8 Å². The Morgan fingerprint density at radius 2 is 1.69 bits per heavy atom. The van der Waals surface area contributed by atoms with Crippen molar-refractivity contribution >= 4 is 29.1 Å². The Bertz CT molecular complexity index is 1550. The summed E-state index contributed by atoms with van der Waals surface area (Å²) < 4.78 is 10.9. The van der Waals surface area contributed by atoms with Crippen LogP contribution in [0.1, 0.15) is 31.2 Å². The molecule has 2 amide bonds. The van der Waals surface area contributed by atoms with Crippen LogP contribution in [0.15, 0.2) is 76.9 Å². The molecule has 6 rings (SSSR count). The van der Waals surface area contributed by atoms with Crippen LogP contribution in [0.3, 0.4) is 0 Å². The van der Waals surface area contributed by atoms with Crippen LogP contribution < -0.4 is 14.4 Å². The average molecular weight is 526 g/mol. The third-order valence-electron chi connectivity index (χ3n) is 8.42. The van der Waals surface area contributed by atoms with Gasteiger partial charge in [0.1, 0.15) is 17.2 Å². The second kappa shape index (κ2) is 9.08. The third-order valence-corrected chi connectivity index (χ3v) is 8.42. The standard InChI is InChI=1S/C31H27NO7/c1-15-11-22(33)21-14-20-18(9-10-19-25(20)31(37)32(30(19)36)16-7-5-4-6-8-16)26(27(21)29(15)35)28-23(34)12-17(38-2)13-24(28)39-3/h4-9,11-13,19-20,25-26,34H,10,14H2,1-3H3. The molecule has 0 saturated carbocycles. The van der Waals surface area contributed by atoms with Crippen molar-refractivity contribution in [1.82, 2.24) is 0 Å². The van der Waals surface area contributed by atoms with Crippen LogP contribution >= 0.6 is 0 Å². The number of fused-ring (bicyclic) bond motifs is 3. The number of Topliss-reactive ketones (excluding diaryl/α,β-unsaturated/α-hetero) is 1. The number of methoxy groups -OCH3 is 2. The van der Waals surface area contributed by atoms with E-state index in [1.54, 1.807) is 37.3 Å². The fourth-order valence-corrected chi connectivity index (χ4v) is 6.69. The fraction of sp³-hybridized carbons (Fsp3) is 0.290. The Hall–Kier alpha value is -4.46. The van der Waals surface area contributed by atoms with E-state index in [1.807, 2.05) is 12.1 Å². The zero-order valence-electron chi connectivity index (χ0n) is 21.8. The maximum Gasteiger partial charge on any atom is 0.238 e. The second-order valence-electron chi connectivity index (χ2n) is 10.3. The van der Waals surface area contributed by atoms with Gasteiger partial charge in [-0.1, -0.05) is 29.8 Å². The van der Waals surface area contributed by atoms with Crippen molar-refractivity contribution in [3.8, 4) is 17.2 Å². The number of amides is 2. The lowest BCUT2D eigenvalue weighted by Crippen LogP contribution is -2.40. The van der Waals surface area contributed by atoms with Gasteiger partial charge < -0.3 is 14.6 Å². The number of hydrogen-bond acceptors (Lipinski definition) is 7. The van der Waals surface area contributed by atoms with Crippen LogP contribution in [0.2, 0.25) is 0 Å². The summed E-state index contributed by atoms with van der Waals surface area (Å²) >= 11 is 0. The molecule has 1 saturated heterocycles. The Kier molecular flexibility index (Phi) is 5.79. The monoisotopic (exact) mass is 525 g/mol. The quantitative estimate of drug-likeness (QED) is 0.364. The topological polar surface area (TPSA) is 110 Å². The summed E-state index contributed by atoms with van der Waals surface area (Å²) in [5.74, 6) is -3.27. The summed E-state index contributed by atoms with van der Waals surface area (Å²) in [4.78, 5) is 55.5. The number of aromatic hydroxyl groups is 1. The number of rotatable bonds is 4. The minimum absolute atomic E-state index is 0.154. The van der Waals surface area contributed by atoms with E-state index < -0.39 is 23.7 Å². The van der Waals surface area contributed by atoms with Crippen LogP contribution in [-0.2, 0) is 19.2 Å². The van der Waals surface area contributed by atoms with Crippen LogP contribution in [0.25, 0.3) is 0 Å². The number of para-hydroxylation sites is 1. The zero-order chi connectivity index (χ0) is 27.6. The molecule has 3 aliphatic carbocycles. The SMILES string of the molecule is COc1cc(O)c(C2C3=CCC4C(=O)N(c5ccccc5)C(=O)C4C3CC3=C2C(=O)C(C)=CC3=O)c(OC)c1. The molecule has 0 spiro atoms. The number of hydrogen-bond donors (Lipinski definition) is 1. The highest BCUT2D eigenvalue weighted by Gasteiger charge is 2.57. The number of carbonyl (C=O) groups excluding carboxylic acids is 4. The lowest BCUT2D eigenvalue weighted by Gasteiger charge is -2.42. The number of allylic oxidation sites excluding steroid dienone is 6. The molecule has 0 radical (unpaired) electrons. The van der Waals surface area contributed by atoms with E-state index in [4.69, 9.17) is 9.47 Å². The number of ether oxygens (including phenoxy) is 2.